The molecule has 5 nitrogen and oxygen atoms in total. The molecule has 0 aliphatic carbocycles. The second-order valence-corrected chi connectivity index (χ2v) is 6.44. The summed E-state index contributed by atoms with van der Waals surface area (Å²) in [6.07, 6.45) is 0.316. The molecule has 0 bridgehead atoms. The molecule has 1 aromatic carbocycles. The van der Waals surface area contributed by atoms with E-state index in [1.54, 1.807) is 7.05 Å². The van der Waals surface area contributed by atoms with Gasteiger partial charge in [-0.2, -0.15) is 4.72 Å². The van der Waals surface area contributed by atoms with Crippen molar-refractivity contribution in [3.05, 3.63) is 29.3 Å². The third-order valence-electron chi connectivity index (χ3n) is 3.23. The number of likely N-dealkylation sites (tertiary alicyclic amines) is 1. The minimum atomic E-state index is -4.21. The van der Waals surface area contributed by atoms with E-state index in [9.17, 15) is 22.0 Å². The molecule has 0 radical (unpaired) electrons. The molecule has 1 amide bonds. The van der Waals surface area contributed by atoms with Crippen LogP contribution in [0.5, 0.6) is 0 Å². The van der Waals surface area contributed by atoms with Gasteiger partial charge in [-0.05, 0) is 25.0 Å². The first kappa shape index (κ1) is 14.9. The Hall–Kier alpha value is -1.54. The second-order valence-electron chi connectivity index (χ2n) is 4.75. The Morgan fingerprint density at radius 3 is 2.50 bits per heavy atom. The first-order chi connectivity index (χ1) is 9.22. The van der Waals surface area contributed by atoms with E-state index in [2.05, 4.69) is 4.72 Å². The van der Waals surface area contributed by atoms with Gasteiger partial charge in [0.1, 0.15) is 22.6 Å². The Labute approximate surface area is 115 Å². The lowest BCUT2D eigenvalue weighted by molar-refractivity contribution is -0.127. The maximum atomic E-state index is 13.6. The van der Waals surface area contributed by atoms with Crippen LogP contribution in [0.3, 0.4) is 0 Å². The standard InChI is InChI=1S/C12H14F2N2O3S/c1-7-5-11(9(14)6-8(7)13)20(18,19)15-10-3-4-16(2)12(10)17/h5-6,10,15H,3-4H2,1-2H3/t10-/m0/s1. The number of hydrogen-bond donors (Lipinski definition) is 1. The monoisotopic (exact) mass is 304 g/mol. The highest BCUT2D eigenvalue weighted by atomic mass is 32.2. The molecule has 1 heterocycles. The smallest absolute Gasteiger partial charge is 0.244 e. The Balaban J connectivity index is 2.32. The van der Waals surface area contributed by atoms with Crippen LogP contribution in [0.1, 0.15) is 12.0 Å². The topological polar surface area (TPSA) is 66.5 Å². The lowest BCUT2D eigenvalue weighted by Crippen LogP contribution is -2.40. The zero-order valence-electron chi connectivity index (χ0n) is 11.0. The van der Waals surface area contributed by atoms with Crippen LogP contribution in [-0.4, -0.2) is 38.9 Å². The molecule has 1 aliphatic rings. The van der Waals surface area contributed by atoms with E-state index in [1.165, 1.54) is 11.8 Å². The van der Waals surface area contributed by atoms with Crippen LogP contribution in [0.25, 0.3) is 0 Å². The summed E-state index contributed by atoms with van der Waals surface area (Å²) in [5.74, 6) is -2.37. The number of likely N-dealkylation sites (N-methyl/N-ethyl adjacent to an activating group) is 1. The molecule has 2 rings (SSSR count). The van der Waals surface area contributed by atoms with Gasteiger partial charge in [0.2, 0.25) is 15.9 Å². The zero-order valence-corrected chi connectivity index (χ0v) is 11.8. The van der Waals surface area contributed by atoms with Gasteiger partial charge in [-0.15, -0.1) is 0 Å². The van der Waals surface area contributed by atoms with Crippen LogP contribution in [-0.2, 0) is 14.8 Å². The SMILES string of the molecule is Cc1cc(S(=O)(=O)N[C@H]2CCN(C)C2=O)c(F)cc1F. The molecule has 1 aliphatic heterocycles. The van der Waals surface area contributed by atoms with E-state index in [-0.39, 0.29) is 11.5 Å². The number of amides is 1. The van der Waals surface area contributed by atoms with Gasteiger partial charge < -0.3 is 4.90 Å². The van der Waals surface area contributed by atoms with Gasteiger partial charge in [0.25, 0.3) is 0 Å². The predicted molar refractivity (Wildman–Crippen MR) is 67.5 cm³/mol. The number of carbonyl (C=O) groups excluding carboxylic acids is 1. The van der Waals surface area contributed by atoms with Crippen LogP contribution < -0.4 is 4.72 Å². The Kier molecular flexibility index (Phi) is 3.79. The molecule has 1 N–H and O–H groups in total. The largest absolute Gasteiger partial charge is 0.344 e. The number of sulfonamides is 1. The van der Waals surface area contributed by atoms with Crippen LogP contribution in [0, 0.1) is 18.6 Å². The molecular weight excluding hydrogens is 290 g/mol. The van der Waals surface area contributed by atoms with E-state index in [0.717, 1.165) is 6.07 Å². The number of halogens is 2. The fourth-order valence-electron chi connectivity index (χ4n) is 2.02. The molecule has 0 unspecified atom stereocenters. The van der Waals surface area contributed by atoms with Gasteiger partial charge in [-0.3, -0.25) is 4.79 Å². The summed E-state index contributed by atoms with van der Waals surface area (Å²) in [4.78, 5) is 12.4. The summed E-state index contributed by atoms with van der Waals surface area (Å²) in [5.41, 5.74) is 0.0154. The third kappa shape index (κ3) is 2.66. The van der Waals surface area contributed by atoms with Crippen molar-refractivity contribution in [1.29, 1.82) is 0 Å². The third-order valence-corrected chi connectivity index (χ3v) is 4.71. The van der Waals surface area contributed by atoms with E-state index in [0.29, 0.717) is 19.0 Å². The summed E-state index contributed by atoms with van der Waals surface area (Å²) >= 11 is 0. The van der Waals surface area contributed by atoms with E-state index in [4.69, 9.17) is 0 Å². The minimum Gasteiger partial charge on any atom is -0.344 e. The van der Waals surface area contributed by atoms with E-state index < -0.39 is 32.6 Å². The number of rotatable bonds is 3. The highest BCUT2D eigenvalue weighted by Gasteiger charge is 2.34. The molecule has 1 atom stereocenters. The summed E-state index contributed by atoms with van der Waals surface area (Å²) in [5, 5.41) is 0. The zero-order chi connectivity index (χ0) is 15.1. The van der Waals surface area contributed by atoms with Gasteiger partial charge in [0.05, 0.1) is 0 Å². The summed E-state index contributed by atoms with van der Waals surface area (Å²) in [7, 11) is -2.65. The number of carbonyl (C=O) groups is 1. The number of nitrogens with zero attached hydrogens (tertiary/aromatic N) is 1. The highest BCUT2D eigenvalue weighted by molar-refractivity contribution is 7.89. The normalized spacial score (nSPS) is 19.7. The second kappa shape index (κ2) is 5.10. The van der Waals surface area contributed by atoms with Gasteiger partial charge in [-0.1, -0.05) is 0 Å². The first-order valence-electron chi connectivity index (χ1n) is 5.95. The van der Waals surface area contributed by atoms with Crippen molar-refractivity contribution in [3.63, 3.8) is 0 Å². The molecule has 0 aromatic heterocycles. The fraction of sp³-hybridized carbons (Fsp3) is 0.417. The number of nitrogens with one attached hydrogen (secondary N) is 1. The minimum absolute atomic E-state index is 0.0154. The predicted octanol–water partition coefficient (Wildman–Crippen LogP) is 0.782. The van der Waals surface area contributed by atoms with Crippen LogP contribution in [0.15, 0.2) is 17.0 Å². The summed E-state index contributed by atoms with van der Waals surface area (Å²) in [6.45, 7) is 1.76. The highest BCUT2D eigenvalue weighted by Crippen LogP contribution is 2.20. The molecule has 110 valence electrons. The van der Waals surface area contributed by atoms with Gasteiger partial charge in [0.15, 0.2) is 0 Å². The van der Waals surface area contributed by atoms with Crippen LogP contribution in [0.2, 0.25) is 0 Å². The van der Waals surface area contributed by atoms with Crippen molar-refractivity contribution in [2.24, 2.45) is 0 Å². The lowest BCUT2D eigenvalue weighted by atomic mass is 10.2. The molecule has 1 aromatic rings. The first-order valence-corrected chi connectivity index (χ1v) is 7.43. The Morgan fingerprint density at radius 2 is 1.95 bits per heavy atom. The van der Waals surface area contributed by atoms with Crippen molar-refractivity contribution in [1.82, 2.24) is 9.62 Å². The molecular formula is C12H14F2N2O3S. The molecule has 8 heteroatoms. The summed E-state index contributed by atoms with van der Waals surface area (Å²) < 4.78 is 53.1. The average Bonchev–Trinajstić information content (AvgIpc) is 2.65. The van der Waals surface area contributed by atoms with Crippen molar-refractivity contribution < 1.29 is 22.0 Å². The van der Waals surface area contributed by atoms with Crippen LogP contribution in [0.4, 0.5) is 8.78 Å². The number of benzene rings is 1. The van der Waals surface area contributed by atoms with Gasteiger partial charge in [-0.25, -0.2) is 17.2 Å². The van der Waals surface area contributed by atoms with E-state index >= 15 is 0 Å². The molecule has 20 heavy (non-hydrogen) atoms. The maximum Gasteiger partial charge on any atom is 0.244 e. The maximum absolute atomic E-state index is 13.6. The molecule has 0 saturated carbocycles. The quantitative estimate of drug-likeness (QED) is 0.897. The van der Waals surface area contributed by atoms with Gasteiger partial charge >= 0.3 is 0 Å². The summed E-state index contributed by atoms with van der Waals surface area (Å²) in [6, 6.07) is 0.526. The van der Waals surface area contributed by atoms with Crippen molar-refractivity contribution in [2.75, 3.05) is 13.6 Å². The molecule has 0 spiro atoms. The molecule has 1 fully saturated rings. The van der Waals surface area contributed by atoms with Crippen molar-refractivity contribution >= 4 is 15.9 Å². The Bertz CT molecular complexity index is 661. The molecule has 1 saturated heterocycles. The lowest BCUT2D eigenvalue weighted by Gasteiger charge is -2.13. The van der Waals surface area contributed by atoms with Crippen LogP contribution >= 0.6 is 0 Å². The van der Waals surface area contributed by atoms with Crippen molar-refractivity contribution in [3.8, 4) is 0 Å². The van der Waals surface area contributed by atoms with E-state index in [1.807, 2.05) is 0 Å². The fourth-order valence-corrected chi connectivity index (χ4v) is 3.39. The van der Waals surface area contributed by atoms with Gasteiger partial charge in [0, 0.05) is 19.7 Å². The number of hydrogen-bond acceptors (Lipinski definition) is 3. The van der Waals surface area contributed by atoms with Crippen molar-refractivity contribution in [2.45, 2.75) is 24.3 Å². The Morgan fingerprint density at radius 1 is 1.30 bits per heavy atom. The average molecular weight is 304 g/mol. The number of aryl methyl sites for hydroxylation is 1.